The number of carboxylic acids is 1. The van der Waals surface area contributed by atoms with E-state index in [0.717, 1.165) is 37.5 Å². The molecule has 0 radical (unpaired) electrons. The second kappa shape index (κ2) is 8.78. The minimum absolute atomic E-state index is 0.190. The van der Waals surface area contributed by atoms with Crippen LogP contribution in [0.2, 0.25) is 0 Å². The highest BCUT2D eigenvalue weighted by molar-refractivity contribution is 5.90. The highest BCUT2D eigenvalue weighted by Crippen LogP contribution is 2.35. The number of benzene rings is 1. The number of nitrogens with zero attached hydrogens (tertiary/aromatic N) is 2. The number of hydrogen-bond acceptors (Lipinski definition) is 5. The van der Waals surface area contributed by atoms with Crippen LogP contribution in [0.1, 0.15) is 78.8 Å². The predicted octanol–water partition coefficient (Wildman–Crippen LogP) is 4.64. The maximum Gasteiger partial charge on any atom is 0.339 e. The van der Waals surface area contributed by atoms with Gasteiger partial charge in [-0.05, 0) is 44.4 Å². The first-order chi connectivity index (χ1) is 13.7. The highest BCUT2D eigenvalue weighted by Gasteiger charge is 2.30. The molecule has 6 nitrogen and oxygen atoms in total. The van der Waals surface area contributed by atoms with Crippen LogP contribution in [0.3, 0.4) is 0 Å². The molecule has 4 rings (SSSR count). The first-order valence-electron chi connectivity index (χ1n) is 10.4. The summed E-state index contributed by atoms with van der Waals surface area (Å²) in [5.74, 6) is 0.826. The van der Waals surface area contributed by atoms with Crippen molar-refractivity contribution in [2.45, 2.75) is 56.9 Å². The van der Waals surface area contributed by atoms with Crippen LogP contribution in [0.4, 0.5) is 0 Å². The summed E-state index contributed by atoms with van der Waals surface area (Å²) >= 11 is 0. The molecule has 6 heteroatoms. The van der Waals surface area contributed by atoms with E-state index in [0.29, 0.717) is 18.3 Å². The monoisotopic (exact) mass is 384 g/mol. The molecular formula is C22H28N2O4. The summed E-state index contributed by atoms with van der Waals surface area (Å²) in [6.07, 6.45) is 10.4. The quantitative estimate of drug-likeness (QED) is 0.750. The Bertz CT molecular complexity index is 797. The van der Waals surface area contributed by atoms with Gasteiger partial charge < -0.3 is 14.3 Å². The third kappa shape index (κ3) is 4.22. The van der Waals surface area contributed by atoms with Crippen molar-refractivity contribution in [1.29, 1.82) is 0 Å². The average molecular weight is 384 g/mol. The van der Waals surface area contributed by atoms with E-state index in [9.17, 15) is 9.90 Å². The number of para-hydroxylation sites is 1. The fraction of sp³-hybridized carbons (Fsp3) is 0.545. The molecule has 1 atom stereocenters. The summed E-state index contributed by atoms with van der Waals surface area (Å²) in [6, 6.07) is 6.96. The number of carboxylic acid groups (broad SMARTS) is 1. The first-order valence-corrected chi connectivity index (χ1v) is 10.4. The van der Waals surface area contributed by atoms with Crippen molar-refractivity contribution in [3.05, 3.63) is 47.7 Å². The lowest BCUT2D eigenvalue weighted by molar-refractivity contribution is 0.0691. The normalized spacial score (nSPS) is 21.1. The molecule has 1 N–H and O–H groups in total. The summed E-state index contributed by atoms with van der Waals surface area (Å²) in [5.41, 5.74) is 1.32. The Labute approximate surface area is 165 Å². The average Bonchev–Trinajstić information content (AvgIpc) is 3.38. The molecule has 0 spiro atoms. The van der Waals surface area contributed by atoms with E-state index in [2.05, 4.69) is 4.90 Å². The summed E-state index contributed by atoms with van der Waals surface area (Å²) in [7, 11) is 0. The molecule has 2 aromatic rings. The molecule has 0 amide bonds. The second-order valence-corrected chi connectivity index (χ2v) is 7.79. The molecule has 0 bridgehead atoms. The minimum Gasteiger partial charge on any atom is -0.491 e. The van der Waals surface area contributed by atoms with Crippen LogP contribution in [-0.2, 0) is 0 Å². The lowest BCUT2D eigenvalue weighted by Gasteiger charge is -2.22. The Morgan fingerprint density at radius 1 is 1.18 bits per heavy atom. The molecule has 1 aliphatic heterocycles. The van der Waals surface area contributed by atoms with Gasteiger partial charge in [0.2, 0.25) is 5.89 Å². The minimum atomic E-state index is -0.968. The molecule has 2 heterocycles. The number of ether oxygens (including phenoxy) is 1. The number of aromatic carboxylic acids is 1. The van der Waals surface area contributed by atoms with Gasteiger partial charge in [-0.3, -0.25) is 4.90 Å². The van der Waals surface area contributed by atoms with Gasteiger partial charge in [0.25, 0.3) is 0 Å². The van der Waals surface area contributed by atoms with Gasteiger partial charge in [0.15, 0.2) is 0 Å². The van der Waals surface area contributed by atoms with Crippen molar-refractivity contribution >= 4 is 5.97 Å². The largest absolute Gasteiger partial charge is 0.491 e. The van der Waals surface area contributed by atoms with Crippen LogP contribution in [0.5, 0.6) is 5.75 Å². The molecule has 1 unspecified atom stereocenters. The summed E-state index contributed by atoms with van der Waals surface area (Å²) in [4.78, 5) is 18.5. The molecule has 1 saturated heterocycles. The number of carbonyl (C=O) groups is 1. The number of rotatable bonds is 7. The summed E-state index contributed by atoms with van der Waals surface area (Å²) < 4.78 is 11.6. The molecule has 1 aromatic carbocycles. The van der Waals surface area contributed by atoms with Gasteiger partial charge in [-0.15, -0.1) is 0 Å². The van der Waals surface area contributed by atoms with Gasteiger partial charge >= 0.3 is 5.97 Å². The maximum absolute atomic E-state index is 11.3. The fourth-order valence-electron chi connectivity index (χ4n) is 4.46. The summed E-state index contributed by atoms with van der Waals surface area (Å²) in [6.45, 7) is 2.15. The number of likely N-dealkylation sites (tertiary alicyclic amines) is 1. The van der Waals surface area contributed by atoms with E-state index >= 15 is 0 Å². The third-order valence-electron chi connectivity index (χ3n) is 5.97. The lowest BCUT2D eigenvalue weighted by atomic mass is 9.87. The topological polar surface area (TPSA) is 75.8 Å². The molecular weight excluding hydrogens is 356 g/mol. The number of hydrogen-bond donors (Lipinski definition) is 1. The van der Waals surface area contributed by atoms with E-state index in [1.54, 1.807) is 24.3 Å². The van der Waals surface area contributed by atoms with Crippen molar-refractivity contribution < 1.29 is 19.1 Å². The van der Waals surface area contributed by atoms with Crippen LogP contribution in [0.15, 0.2) is 34.9 Å². The van der Waals surface area contributed by atoms with Crippen molar-refractivity contribution in [3.63, 3.8) is 0 Å². The number of oxazole rings is 1. The summed E-state index contributed by atoms with van der Waals surface area (Å²) in [5, 5.41) is 9.27. The Morgan fingerprint density at radius 3 is 2.82 bits per heavy atom. The Balaban J connectivity index is 1.35. The zero-order valence-corrected chi connectivity index (χ0v) is 16.2. The zero-order valence-electron chi connectivity index (χ0n) is 16.2. The van der Waals surface area contributed by atoms with Crippen LogP contribution in [-0.4, -0.2) is 40.7 Å². The van der Waals surface area contributed by atoms with Crippen LogP contribution >= 0.6 is 0 Å². The van der Waals surface area contributed by atoms with Gasteiger partial charge in [0.05, 0.1) is 11.7 Å². The van der Waals surface area contributed by atoms with Gasteiger partial charge in [-0.25, -0.2) is 9.78 Å². The van der Waals surface area contributed by atoms with E-state index in [4.69, 9.17) is 14.1 Å². The van der Waals surface area contributed by atoms with E-state index in [-0.39, 0.29) is 11.6 Å². The predicted molar refractivity (Wildman–Crippen MR) is 105 cm³/mol. The molecule has 2 fully saturated rings. The third-order valence-corrected chi connectivity index (χ3v) is 5.97. The Hall–Kier alpha value is -2.34. The molecule has 150 valence electrons. The van der Waals surface area contributed by atoms with Crippen LogP contribution in [0.25, 0.3) is 0 Å². The van der Waals surface area contributed by atoms with Crippen molar-refractivity contribution in [2.75, 3.05) is 19.7 Å². The van der Waals surface area contributed by atoms with Crippen LogP contribution in [0, 0.1) is 0 Å². The van der Waals surface area contributed by atoms with Gasteiger partial charge in [0, 0.05) is 12.5 Å². The van der Waals surface area contributed by atoms with Gasteiger partial charge in [-0.2, -0.15) is 0 Å². The first kappa shape index (κ1) is 19.0. The fourth-order valence-corrected chi connectivity index (χ4v) is 4.46. The Kier molecular flexibility index (Phi) is 5.95. The van der Waals surface area contributed by atoms with Crippen molar-refractivity contribution in [1.82, 2.24) is 9.88 Å². The number of aromatic nitrogens is 1. The smallest absolute Gasteiger partial charge is 0.339 e. The molecule has 1 aliphatic carbocycles. The van der Waals surface area contributed by atoms with Crippen molar-refractivity contribution in [3.8, 4) is 5.75 Å². The van der Waals surface area contributed by atoms with Gasteiger partial charge in [-0.1, -0.05) is 31.4 Å². The second-order valence-electron chi connectivity index (χ2n) is 7.79. The van der Waals surface area contributed by atoms with Crippen molar-refractivity contribution in [2.24, 2.45) is 0 Å². The molecule has 28 heavy (non-hydrogen) atoms. The molecule has 1 saturated carbocycles. The maximum atomic E-state index is 11.3. The van der Waals surface area contributed by atoms with E-state index in [1.807, 2.05) is 6.26 Å². The van der Waals surface area contributed by atoms with E-state index in [1.165, 1.54) is 32.1 Å². The zero-order chi connectivity index (χ0) is 19.3. The molecule has 2 aliphatic rings. The highest BCUT2D eigenvalue weighted by atomic mass is 16.5. The van der Waals surface area contributed by atoms with Crippen LogP contribution < -0.4 is 4.74 Å². The standard InChI is InChI=1S/C22H28N2O4/c25-22(26)17-9-4-5-11-20(17)27-14-13-24-12-6-10-19(24)21-23-18(15-28-21)16-7-2-1-3-8-16/h4-5,9,11,15-16,19H,1-3,6-8,10,12-14H2,(H,25,26). The Morgan fingerprint density at radius 2 is 2.00 bits per heavy atom. The van der Waals surface area contributed by atoms with Gasteiger partial charge in [0.1, 0.15) is 24.2 Å². The lowest BCUT2D eigenvalue weighted by Crippen LogP contribution is -2.28. The molecule has 1 aromatic heterocycles. The van der Waals surface area contributed by atoms with E-state index < -0.39 is 5.97 Å². The SMILES string of the molecule is O=C(O)c1ccccc1OCCN1CCCC1c1nc(C2CCCCC2)co1.